The van der Waals surface area contributed by atoms with E-state index < -0.39 is 0 Å². The van der Waals surface area contributed by atoms with Crippen LogP contribution in [0, 0.1) is 0 Å². The first-order valence-electron chi connectivity index (χ1n) is 8.23. The molecular weight excluding hydrogens is 384 g/mol. The van der Waals surface area contributed by atoms with Crippen LogP contribution in [0.4, 0.5) is 5.69 Å². The first-order chi connectivity index (χ1) is 12.2. The van der Waals surface area contributed by atoms with E-state index in [9.17, 15) is 4.79 Å². The summed E-state index contributed by atoms with van der Waals surface area (Å²) in [5.41, 5.74) is 1.98. The molecule has 1 atom stereocenters. The number of nitrogens with zero attached hydrogens (tertiary/aromatic N) is 3. The van der Waals surface area contributed by atoms with Crippen molar-refractivity contribution in [1.29, 1.82) is 0 Å². The molecule has 6 nitrogen and oxygen atoms in total. The van der Waals surface area contributed by atoms with Crippen molar-refractivity contribution in [2.45, 2.75) is 25.5 Å². The van der Waals surface area contributed by atoms with Gasteiger partial charge in [-0.3, -0.25) is 9.78 Å². The van der Waals surface area contributed by atoms with E-state index in [-0.39, 0.29) is 12.1 Å². The highest BCUT2D eigenvalue weighted by Crippen LogP contribution is 2.30. The van der Waals surface area contributed by atoms with Gasteiger partial charge in [0.25, 0.3) is 5.91 Å². The largest absolute Gasteiger partial charge is 0.356 e. The van der Waals surface area contributed by atoms with Crippen molar-refractivity contribution in [1.82, 2.24) is 14.8 Å². The van der Waals surface area contributed by atoms with Gasteiger partial charge in [0, 0.05) is 34.5 Å². The molecule has 0 bridgehead atoms. The van der Waals surface area contributed by atoms with Crippen LogP contribution >= 0.6 is 15.9 Å². The Bertz CT molecular complexity index is 904. The van der Waals surface area contributed by atoms with E-state index >= 15 is 0 Å². The highest BCUT2D eigenvalue weighted by Gasteiger charge is 2.24. The van der Waals surface area contributed by atoms with Crippen LogP contribution in [-0.2, 0) is 4.74 Å². The lowest BCUT2D eigenvalue weighted by Crippen LogP contribution is -2.20. The van der Waals surface area contributed by atoms with Crippen molar-refractivity contribution in [2.75, 3.05) is 11.9 Å². The molecule has 1 N–H and O–H groups in total. The maximum absolute atomic E-state index is 12.8. The van der Waals surface area contributed by atoms with Crippen LogP contribution in [0.5, 0.6) is 0 Å². The van der Waals surface area contributed by atoms with Gasteiger partial charge in [0.15, 0.2) is 11.9 Å². The lowest BCUT2D eigenvalue weighted by Gasteiger charge is -2.23. The molecule has 3 aromatic rings. The molecule has 7 heteroatoms. The second-order valence-electron chi connectivity index (χ2n) is 5.97. The standard InChI is InChI=1S/C18H17BrN4O2/c19-12-4-5-15-14(11-12)17(18(24)21-13-6-8-20-9-7-13)22-23(15)16-3-1-2-10-25-16/h4-9,11,16H,1-3,10H2,(H,20,21,24). The number of hydrogen-bond acceptors (Lipinski definition) is 4. The van der Waals surface area contributed by atoms with Crippen LogP contribution in [-0.4, -0.2) is 27.3 Å². The first kappa shape index (κ1) is 16.2. The molecule has 1 aliphatic rings. The number of nitrogens with one attached hydrogen (secondary N) is 1. The maximum Gasteiger partial charge on any atom is 0.276 e. The number of anilines is 1. The van der Waals surface area contributed by atoms with Gasteiger partial charge in [-0.25, -0.2) is 4.68 Å². The minimum atomic E-state index is -0.246. The smallest absolute Gasteiger partial charge is 0.276 e. The number of aromatic nitrogens is 3. The molecule has 2 aromatic heterocycles. The number of hydrogen-bond donors (Lipinski definition) is 1. The Morgan fingerprint density at radius 1 is 1.24 bits per heavy atom. The Hall–Kier alpha value is -2.25. The van der Waals surface area contributed by atoms with E-state index in [1.165, 1.54) is 0 Å². The summed E-state index contributed by atoms with van der Waals surface area (Å²) >= 11 is 3.48. The summed E-state index contributed by atoms with van der Waals surface area (Å²) in [6.45, 7) is 0.723. The summed E-state index contributed by atoms with van der Waals surface area (Å²) in [5, 5.41) is 8.27. The number of pyridine rings is 1. The summed E-state index contributed by atoms with van der Waals surface area (Å²) in [6.07, 6.45) is 6.22. The molecule has 1 unspecified atom stereocenters. The molecule has 0 aliphatic carbocycles. The van der Waals surface area contributed by atoms with Crippen LogP contribution in [0.25, 0.3) is 10.9 Å². The summed E-state index contributed by atoms with van der Waals surface area (Å²) in [5.74, 6) is -0.246. The Morgan fingerprint density at radius 2 is 2.08 bits per heavy atom. The van der Waals surface area contributed by atoms with Crippen LogP contribution in [0.3, 0.4) is 0 Å². The van der Waals surface area contributed by atoms with Crippen molar-refractivity contribution in [2.24, 2.45) is 0 Å². The van der Waals surface area contributed by atoms with E-state index in [2.05, 4.69) is 31.3 Å². The number of rotatable bonds is 3. The third-order valence-electron chi connectivity index (χ3n) is 4.25. The number of halogens is 1. The molecule has 3 heterocycles. The monoisotopic (exact) mass is 400 g/mol. The Morgan fingerprint density at radius 3 is 2.84 bits per heavy atom. The highest BCUT2D eigenvalue weighted by molar-refractivity contribution is 9.10. The first-order valence-corrected chi connectivity index (χ1v) is 9.02. The van der Waals surface area contributed by atoms with Gasteiger partial charge in [0.1, 0.15) is 0 Å². The van der Waals surface area contributed by atoms with E-state index in [0.29, 0.717) is 11.4 Å². The Balaban J connectivity index is 1.74. The summed E-state index contributed by atoms with van der Waals surface area (Å²) in [6, 6.07) is 9.33. The Labute approximate surface area is 153 Å². The van der Waals surface area contributed by atoms with E-state index in [1.807, 2.05) is 22.9 Å². The fourth-order valence-corrected chi connectivity index (χ4v) is 3.40. The third-order valence-corrected chi connectivity index (χ3v) is 4.74. The molecule has 1 amide bonds. The molecule has 1 saturated heterocycles. The molecule has 0 spiro atoms. The van der Waals surface area contributed by atoms with E-state index in [4.69, 9.17) is 4.74 Å². The molecule has 0 saturated carbocycles. The van der Waals surface area contributed by atoms with Gasteiger partial charge < -0.3 is 10.1 Å². The van der Waals surface area contributed by atoms with Gasteiger partial charge in [0.2, 0.25) is 0 Å². The summed E-state index contributed by atoms with van der Waals surface area (Å²) in [7, 11) is 0. The second kappa shape index (κ2) is 6.93. The zero-order valence-corrected chi connectivity index (χ0v) is 15.1. The molecule has 1 aliphatic heterocycles. The van der Waals surface area contributed by atoms with Crippen molar-refractivity contribution < 1.29 is 9.53 Å². The summed E-state index contributed by atoms with van der Waals surface area (Å²) < 4.78 is 8.60. The molecule has 1 fully saturated rings. The minimum Gasteiger partial charge on any atom is -0.356 e. The van der Waals surface area contributed by atoms with Crippen LogP contribution in [0.15, 0.2) is 47.2 Å². The molecule has 25 heavy (non-hydrogen) atoms. The van der Waals surface area contributed by atoms with E-state index in [1.54, 1.807) is 24.5 Å². The number of benzene rings is 1. The normalized spacial score (nSPS) is 17.6. The lowest BCUT2D eigenvalue weighted by molar-refractivity contribution is -0.0367. The number of fused-ring (bicyclic) bond motifs is 1. The molecular formula is C18H17BrN4O2. The maximum atomic E-state index is 12.8. The Kier molecular flexibility index (Phi) is 4.50. The fourth-order valence-electron chi connectivity index (χ4n) is 3.04. The average Bonchev–Trinajstić information content (AvgIpc) is 3.02. The van der Waals surface area contributed by atoms with Gasteiger partial charge in [-0.2, -0.15) is 5.10 Å². The lowest BCUT2D eigenvalue weighted by atomic mass is 10.1. The zero-order valence-electron chi connectivity index (χ0n) is 13.5. The van der Waals surface area contributed by atoms with Crippen LogP contribution in [0.1, 0.15) is 36.0 Å². The topological polar surface area (TPSA) is 69.0 Å². The number of carbonyl (C=O) groups excluding carboxylic acids is 1. The molecule has 0 radical (unpaired) electrons. The average molecular weight is 401 g/mol. The van der Waals surface area contributed by atoms with Crippen molar-refractivity contribution in [3.8, 4) is 0 Å². The quantitative estimate of drug-likeness (QED) is 0.716. The predicted molar refractivity (Wildman–Crippen MR) is 98.5 cm³/mol. The fraction of sp³-hybridized carbons (Fsp3) is 0.278. The van der Waals surface area contributed by atoms with E-state index in [0.717, 1.165) is 41.2 Å². The second-order valence-corrected chi connectivity index (χ2v) is 6.88. The van der Waals surface area contributed by atoms with Crippen LogP contribution < -0.4 is 5.32 Å². The van der Waals surface area contributed by atoms with Gasteiger partial charge in [-0.1, -0.05) is 15.9 Å². The predicted octanol–water partition coefficient (Wildman–Crippen LogP) is 4.15. The van der Waals surface area contributed by atoms with Gasteiger partial charge in [-0.15, -0.1) is 0 Å². The molecule has 4 rings (SSSR count). The van der Waals surface area contributed by atoms with Gasteiger partial charge in [-0.05, 0) is 49.6 Å². The number of amides is 1. The van der Waals surface area contributed by atoms with Gasteiger partial charge >= 0.3 is 0 Å². The number of ether oxygens (including phenoxy) is 1. The number of carbonyl (C=O) groups is 1. The summed E-state index contributed by atoms with van der Waals surface area (Å²) in [4.78, 5) is 16.7. The van der Waals surface area contributed by atoms with Crippen LogP contribution in [0.2, 0.25) is 0 Å². The SMILES string of the molecule is O=C(Nc1ccncc1)c1nn(C2CCCCO2)c2ccc(Br)cc12. The van der Waals surface area contributed by atoms with Crippen molar-refractivity contribution in [3.63, 3.8) is 0 Å². The minimum absolute atomic E-state index is 0.125. The highest BCUT2D eigenvalue weighted by atomic mass is 79.9. The molecule has 1 aromatic carbocycles. The van der Waals surface area contributed by atoms with Crippen molar-refractivity contribution >= 4 is 38.4 Å². The van der Waals surface area contributed by atoms with Crippen molar-refractivity contribution in [3.05, 3.63) is 52.9 Å². The third kappa shape index (κ3) is 3.29. The molecule has 128 valence electrons. The zero-order chi connectivity index (χ0) is 17.2. The van der Waals surface area contributed by atoms with Gasteiger partial charge in [0.05, 0.1) is 5.52 Å².